The van der Waals surface area contributed by atoms with Gasteiger partial charge in [0, 0.05) is 44.2 Å². The fraction of sp³-hybridized carbons (Fsp3) is 0.368. The Morgan fingerprint density at radius 3 is 2.55 bits per heavy atom. The van der Waals surface area contributed by atoms with E-state index >= 15 is 0 Å². The summed E-state index contributed by atoms with van der Waals surface area (Å²) in [6.07, 6.45) is 1.05. The van der Waals surface area contributed by atoms with Crippen molar-refractivity contribution in [2.45, 2.75) is 25.6 Å². The Morgan fingerprint density at radius 2 is 1.73 bits per heavy atom. The number of hydrogen-bond acceptors (Lipinski definition) is 3. The molecule has 0 saturated carbocycles. The van der Waals surface area contributed by atoms with Crippen LogP contribution in [0, 0.1) is 0 Å². The molecule has 0 amide bonds. The predicted molar refractivity (Wildman–Crippen MR) is 87.9 cm³/mol. The lowest BCUT2D eigenvalue weighted by atomic mass is 10.0. The third-order valence-electron chi connectivity index (χ3n) is 4.68. The molecule has 2 aliphatic heterocycles. The first-order valence-corrected chi connectivity index (χ1v) is 8.14. The summed E-state index contributed by atoms with van der Waals surface area (Å²) in [5.74, 6) is 1.04. The summed E-state index contributed by atoms with van der Waals surface area (Å²) in [5, 5.41) is 3.71. The summed E-state index contributed by atoms with van der Waals surface area (Å²) in [6.45, 7) is 5.09. The van der Waals surface area contributed by atoms with Crippen LogP contribution in [0.1, 0.15) is 29.2 Å². The van der Waals surface area contributed by atoms with Crippen LogP contribution in [0.25, 0.3) is 0 Å². The summed E-state index contributed by atoms with van der Waals surface area (Å²) < 4.78 is 5.73. The lowest BCUT2D eigenvalue weighted by Crippen LogP contribution is -2.33. The highest BCUT2D eigenvalue weighted by atomic mass is 16.5. The zero-order valence-electron chi connectivity index (χ0n) is 12.8. The molecule has 22 heavy (non-hydrogen) atoms. The molecule has 2 aromatic carbocycles. The first kappa shape index (κ1) is 13.8. The fourth-order valence-corrected chi connectivity index (χ4v) is 3.51. The molecule has 3 nitrogen and oxygen atoms in total. The largest absolute Gasteiger partial charge is 0.493 e. The molecule has 1 atom stereocenters. The third-order valence-corrected chi connectivity index (χ3v) is 4.68. The molecule has 114 valence electrons. The highest BCUT2D eigenvalue weighted by molar-refractivity contribution is 5.37. The van der Waals surface area contributed by atoms with E-state index < -0.39 is 0 Å². The maximum Gasteiger partial charge on any atom is 0.124 e. The molecule has 2 aromatic rings. The van der Waals surface area contributed by atoms with Gasteiger partial charge in [0.05, 0.1) is 6.61 Å². The van der Waals surface area contributed by atoms with Crippen molar-refractivity contribution in [3.05, 3.63) is 65.2 Å². The molecule has 0 saturated heterocycles. The quantitative estimate of drug-likeness (QED) is 0.937. The molecule has 0 spiro atoms. The van der Waals surface area contributed by atoms with Gasteiger partial charge in [-0.2, -0.15) is 0 Å². The summed E-state index contributed by atoms with van der Waals surface area (Å²) in [7, 11) is 0. The van der Waals surface area contributed by atoms with Gasteiger partial charge in [0.15, 0.2) is 0 Å². The molecule has 2 heterocycles. The van der Waals surface area contributed by atoms with Crippen molar-refractivity contribution in [3.63, 3.8) is 0 Å². The van der Waals surface area contributed by atoms with Crippen LogP contribution in [0.4, 0.5) is 0 Å². The first-order chi connectivity index (χ1) is 10.9. The molecule has 4 rings (SSSR count). The van der Waals surface area contributed by atoms with Crippen molar-refractivity contribution in [1.29, 1.82) is 0 Å². The molecule has 0 aliphatic carbocycles. The number of benzene rings is 2. The van der Waals surface area contributed by atoms with Crippen molar-refractivity contribution in [3.8, 4) is 5.75 Å². The van der Waals surface area contributed by atoms with Gasteiger partial charge in [0.1, 0.15) is 5.75 Å². The van der Waals surface area contributed by atoms with Crippen LogP contribution in [0.3, 0.4) is 0 Å². The minimum atomic E-state index is 0.426. The number of nitrogens with one attached hydrogen (secondary N) is 1. The fourth-order valence-electron chi connectivity index (χ4n) is 3.51. The standard InChI is InChI=1S/C19H22N2O/c1-2-6-16-14-21(13-15(16)5-1)11-10-20-18-9-12-22-19-8-4-3-7-17(18)19/h1-8,18,20H,9-14H2/t18-/m0/s1. The highest BCUT2D eigenvalue weighted by Gasteiger charge is 2.21. The molecule has 0 bridgehead atoms. The van der Waals surface area contributed by atoms with Gasteiger partial charge in [-0.05, 0) is 17.2 Å². The van der Waals surface area contributed by atoms with E-state index in [9.17, 15) is 0 Å². The van der Waals surface area contributed by atoms with E-state index in [4.69, 9.17) is 4.74 Å². The first-order valence-electron chi connectivity index (χ1n) is 8.14. The normalized spacial score (nSPS) is 20.3. The number of ether oxygens (including phenoxy) is 1. The minimum Gasteiger partial charge on any atom is -0.493 e. The Bertz CT molecular complexity index is 630. The molecule has 0 unspecified atom stereocenters. The van der Waals surface area contributed by atoms with E-state index in [1.54, 1.807) is 0 Å². The van der Waals surface area contributed by atoms with Gasteiger partial charge >= 0.3 is 0 Å². The van der Waals surface area contributed by atoms with Gasteiger partial charge in [-0.1, -0.05) is 42.5 Å². The van der Waals surface area contributed by atoms with E-state index in [0.717, 1.165) is 45.0 Å². The summed E-state index contributed by atoms with van der Waals surface area (Å²) >= 11 is 0. The number of nitrogens with zero attached hydrogens (tertiary/aromatic N) is 1. The molecule has 1 N–H and O–H groups in total. The van der Waals surface area contributed by atoms with E-state index in [1.807, 2.05) is 6.07 Å². The van der Waals surface area contributed by atoms with Crippen LogP contribution in [0.15, 0.2) is 48.5 Å². The Morgan fingerprint density at radius 1 is 1.00 bits per heavy atom. The highest BCUT2D eigenvalue weighted by Crippen LogP contribution is 2.31. The van der Waals surface area contributed by atoms with Crippen LogP contribution in [0.2, 0.25) is 0 Å². The maximum atomic E-state index is 5.73. The topological polar surface area (TPSA) is 24.5 Å². The Hall–Kier alpha value is -1.84. The van der Waals surface area contributed by atoms with Gasteiger partial charge in [-0.3, -0.25) is 4.90 Å². The second kappa shape index (κ2) is 6.11. The lowest BCUT2D eigenvalue weighted by molar-refractivity contribution is 0.239. The van der Waals surface area contributed by atoms with E-state index in [1.165, 1.54) is 16.7 Å². The maximum absolute atomic E-state index is 5.73. The summed E-state index contributed by atoms with van der Waals surface area (Å²) in [4.78, 5) is 2.52. The van der Waals surface area contributed by atoms with Gasteiger partial charge < -0.3 is 10.1 Å². The smallest absolute Gasteiger partial charge is 0.124 e. The zero-order chi connectivity index (χ0) is 14.8. The second-order valence-corrected chi connectivity index (χ2v) is 6.16. The Kier molecular flexibility index (Phi) is 3.83. The molecule has 0 radical (unpaired) electrons. The monoisotopic (exact) mass is 294 g/mol. The molecule has 3 heteroatoms. The Balaban J connectivity index is 1.32. The summed E-state index contributed by atoms with van der Waals surface area (Å²) in [5.41, 5.74) is 4.27. The molecule has 2 aliphatic rings. The number of fused-ring (bicyclic) bond motifs is 2. The molecular formula is C19H22N2O. The van der Waals surface area contributed by atoms with E-state index in [-0.39, 0.29) is 0 Å². The minimum absolute atomic E-state index is 0.426. The number of rotatable bonds is 4. The third kappa shape index (κ3) is 2.74. The average molecular weight is 294 g/mol. The summed E-state index contributed by atoms with van der Waals surface area (Å²) in [6, 6.07) is 17.6. The van der Waals surface area contributed by atoms with Gasteiger partial charge in [-0.25, -0.2) is 0 Å². The van der Waals surface area contributed by atoms with E-state index in [0.29, 0.717) is 6.04 Å². The number of para-hydroxylation sites is 1. The van der Waals surface area contributed by atoms with Crippen molar-refractivity contribution in [2.75, 3.05) is 19.7 Å². The van der Waals surface area contributed by atoms with Crippen LogP contribution in [-0.4, -0.2) is 24.6 Å². The van der Waals surface area contributed by atoms with Gasteiger partial charge in [0.25, 0.3) is 0 Å². The van der Waals surface area contributed by atoms with Crippen LogP contribution >= 0.6 is 0 Å². The molecular weight excluding hydrogens is 272 g/mol. The average Bonchev–Trinajstić information content (AvgIpc) is 2.98. The molecule has 0 fully saturated rings. The van der Waals surface area contributed by atoms with Crippen molar-refractivity contribution >= 4 is 0 Å². The van der Waals surface area contributed by atoms with Crippen molar-refractivity contribution in [1.82, 2.24) is 10.2 Å². The Labute approximate surface area is 131 Å². The number of hydrogen-bond donors (Lipinski definition) is 1. The van der Waals surface area contributed by atoms with Crippen molar-refractivity contribution in [2.24, 2.45) is 0 Å². The van der Waals surface area contributed by atoms with Gasteiger partial charge in [0.2, 0.25) is 0 Å². The lowest BCUT2D eigenvalue weighted by Gasteiger charge is -2.27. The predicted octanol–water partition coefficient (Wildman–Crippen LogP) is 3.12. The SMILES string of the molecule is c1ccc2c(c1)CN(CCN[C@H]1CCOc3ccccc31)C2. The van der Waals surface area contributed by atoms with Crippen LogP contribution < -0.4 is 10.1 Å². The zero-order valence-corrected chi connectivity index (χ0v) is 12.8. The van der Waals surface area contributed by atoms with Crippen molar-refractivity contribution < 1.29 is 4.74 Å². The second-order valence-electron chi connectivity index (χ2n) is 6.16. The van der Waals surface area contributed by atoms with Crippen LogP contribution in [0.5, 0.6) is 5.75 Å². The van der Waals surface area contributed by atoms with Crippen LogP contribution in [-0.2, 0) is 13.1 Å². The van der Waals surface area contributed by atoms with E-state index in [2.05, 4.69) is 52.7 Å². The molecule has 0 aromatic heterocycles. The van der Waals surface area contributed by atoms with Gasteiger partial charge in [-0.15, -0.1) is 0 Å².